The van der Waals surface area contributed by atoms with Crippen LogP contribution in [-0.2, 0) is 11.6 Å². The second-order valence-electron chi connectivity index (χ2n) is 5.70. The predicted octanol–water partition coefficient (Wildman–Crippen LogP) is 5.50. The molecule has 1 heterocycles. The lowest BCUT2D eigenvalue weighted by Crippen LogP contribution is -2.19. The third kappa shape index (κ3) is 3.01. The van der Waals surface area contributed by atoms with Crippen molar-refractivity contribution in [3.63, 3.8) is 0 Å². The SMILES string of the molecule is CC(C)(C)c1c[nH]c(=S)n1-c1c(Cl)cccc1C(F)(F)F. The summed E-state index contributed by atoms with van der Waals surface area (Å²) < 4.78 is 41.3. The number of aromatic amines is 1. The number of hydrogen-bond acceptors (Lipinski definition) is 1. The van der Waals surface area contributed by atoms with Crippen LogP contribution < -0.4 is 0 Å². The van der Waals surface area contributed by atoms with Gasteiger partial charge >= 0.3 is 6.18 Å². The zero-order chi connectivity index (χ0) is 16.0. The maximum Gasteiger partial charge on any atom is 0.418 e. The first kappa shape index (κ1) is 16.1. The van der Waals surface area contributed by atoms with Gasteiger partial charge in [-0.1, -0.05) is 38.4 Å². The van der Waals surface area contributed by atoms with Gasteiger partial charge in [-0.15, -0.1) is 0 Å². The fraction of sp³-hybridized carbons (Fsp3) is 0.357. The second-order valence-corrected chi connectivity index (χ2v) is 6.49. The van der Waals surface area contributed by atoms with Crippen molar-refractivity contribution in [2.75, 3.05) is 0 Å². The van der Waals surface area contributed by atoms with Crippen LogP contribution in [0.15, 0.2) is 24.4 Å². The fourth-order valence-corrected chi connectivity index (χ4v) is 2.62. The highest BCUT2D eigenvalue weighted by molar-refractivity contribution is 7.71. The van der Waals surface area contributed by atoms with E-state index in [4.69, 9.17) is 23.8 Å². The minimum atomic E-state index is -4.51. The van der Waals surface area contributed by atoms with E-state index in [-0.39, 0.29) is 15.5 Å². The molecule has 2 aromatic rings. The number of rotatable bonds is 1. The first-order valence-corrected chi connectivity index (χ1v) is 6.99. The van der Waals surface area contributed by atoms with Gasteiger partial charge in [0, 0.05) is 17.3 Å². The van der Waals surface area contributed by atoms with Gasteiger partial charge in [0.15, 0.2) is 4.77 Å². The quantitative estimate of drug-likeness (QED) is 0.682. The van der Waals surface area contributed by atoms with Crippen molar-refractivity contribution in [1.82, 2.24) is 9.55 Å². The Morgan fingerprint density at radius 2 is 1.81 bits per heavy atom. The largest absolute Gasteiger partial charge is 0.418 e. The normalized spacial score (nSPS) is 12.7. The Morgan fingerprint density at radius 3 is 2.33 bits per heavy atom. The number of benzene rings is 1. The minimum Gasteiger partial charge on any atom is -0.337 e. The maximum atomic E-state index is 13.3. The Balaban J connectivity index is 2.87. The summed E-state index contributed by atoms with van der Waals surface area (Å²) in [5.41, 5.74) is -0.708. The molecule has 0 amide bonds. The summed E-state index contributed by atoms with van der Waals surface area (Å²) in [6, 6.07) is 3.71. The van der Waals surface area contributed by atoms with Gasteiger partial charge in [0.25, 0.3) is 0 Å². The van der Waals surface area contributed by atoms with Crippen LogP contribution in [0.4, 0.5) is 13.2 Å². The summed E-state index contributed by atoms with van der Waals surface area (Å²) in [6.45, 7) is 5.68. The third-order valence-electron chi connectivity index (χ3n) is 3.06. The lowest BCUT2D eigenvalue weighted by atomic mass is 9.92. The number of nitrogens with zero attached hydrogens (tertiary/aromatic N) is 1. The van der Waals surface area contributed by atoms with Crippen molar-refractivity contribution in [3.05, 3.63) is 45.4 Å². The van der Waals surface area contributed by atoms with E-state index in [1.807, 2.05) is 20.8 Å². The van der Waals surface area contributed by atoms with Crippen LogP contribution in [0.2, 0.25) is 5.02 Å². The summed E-state index contributed by atoms with van der Waals surface area (Å²) in [5, 5.41) is 0.00558. The van der Waals surface area contributed by atoms with E-state index < -0.39 is 17.2 Å². The van der Waals surface area contributed by atoms with Gasteiger partial charge in [-0.2, -0.15) is 13.2 Å². The van der Waals surface area contributed by atoms with Gasteiger partial charge < -0.3 is 4.98 Å². The molecule has 0 fully saturated rings. The molecule has 0 spiro atoms. The summed E-state index contributed by atoms with van der Waals surface area (Å²) in [7, 11) is 0. The van der Waals surface area contributed by atoms with Crippen LogP contribution in [-0.4, -0.2) is 9.55 Å². The highest BCUT2D eigenvalue weighted by Crippen LogP contribution is 2.39. The molecular formula is C14H14ClF3N2S. The van der Waals surface area contributed by atoms with Gasteiger partial charge in [0.2, 0.25) is 0 Å². The van der Waals surface area contributed by atoms with Gasteiger partial charge in [-0.25, -0.2) is 0 Å². The molecular weight excluding hydrogens is 321 g/mol. The molecule has 2 nitrogen and oxygen atoms in total. The van der Waals surface area contributed by atoms with Crippen LogP contribution in [0.5, 0.6) is 0 Å². The Labute approximate surface area is 130 Å². The number of hydrogen-bond donors (Lipinski definition) is 1. The Bertz CT molecular complexity index is 723. The van der Waals surface area contributed by atoms with E-state index in [1.165, 1.54) is 16.7 Å². The lowest BCUT2D eigenvalue weighted by molar-refractivity contribution is -0.137. The minimum absolute atomic E-state index is 0.00558. The molecule has 7 heteroatoms. The standard InChI is InChI=1S/C14H14ClF3N2S/c1-13(2,3)10-7-19-12(21)20(10)11-8(14(16,17)18)5-4-6-9(11)15/h4-7H,1-3H3,(H,19,21). The number of nitrogens with one attached hydrogen (secondary N) is 1. The Morgan fingerprint density at radius 1 is 1.19 bits per heavy atom. The molecule has 0 saturated carbocycles. The van der Waals surface area contributed by atoms with Crippen molar-refractivity contribution in [2.45, 2.75) is 32.4 Å². The van der Waals surface area contributed by atoms with Crippen LogP contribution in [0.25, 0.3) is 5.69 Å². The van der Waals surface area contributed by atoms with E-state index in [9.17, 15) is 13.2 Å². The maximum absolute atomic E-state index is 13.3. The molecule has 0 unspecified atom stereocenters. The molecule has 1 aromatic carbocycles. The average Bonchev–Trinajstić information content (AvgIpc) is 2.69. The molecule has 0 aliphatic rings. The van der Waals surface area contributed by atoms with Gasteiger partial charge in [-0.05, 0) is 24.4 Å². The summed E-state index contributed by atoms with van der Waals surface area (Å²) in [5.74, 6) is 0. The number of alkyl halides is 3. The van der Waals surface area contributed by atoms with Gasteiger partial charge in [-0.3, -0.25) is 4.57 Å². The van der Waals surface area contributed by atoms with Crippen LogP contribution in [0.1, 0.15) is 32.0 Å². The molecule has 114 valence electrons. The predicted molar refractivity (Wildman–Crippen MR) is 79.7 cm³/mol. The zero-order valence-corrected chi connectivity index (χ0v) is 13.2. The molecule has 0 saturated heterocycles. The topological polar surface area (TPSA) is 20.7 Å². The third-order valence-corrected chi connectivity index (χ3v) is 3.67. The highest BCUT2D eigenvalue weighted by atomic mass is 35.5. The van der Waals surface area contributed by atoms with Crippen LogP contribution >= 0.6 is 23.8 Å². The fourth-order valence-electron chi connectivity index (χ4n) is 2.11. The Kier molecular flexibility index (Phi) is 3.97. The van der Waals surface area contributed by atoms with Crippen molar-refractivity contribution in [2.24, 2.45) is 0 Å². The molecule has 2 rings (SSSR count). The van der Waals surface area contributed by atoms with E-state index in [0.29, 0.717) is 5.69 Å². The molecule has 0 bridgehead atoms. The van der Waals surface area contributed by atoms with Gasteiger partial charge in [0.1, 0.15) is 0 Å². The molecule has 0 aliphatic carbocycles. The monoisotopic (exact) mass is 334 g/mol. The number of para-hydroxylation sites is 1. The van der Waals surface area contributed by atoms with E-state index >= 15 is 0 Å². The highest BCUT2D eigenvalue weighted by Gasteiger charge is 2.36. The number of aromatic nitrogens is 2. The number of halogens is 4. The second kappa shape index (κ2) is 5.18. The molecule has 1 aromatic heterocycles. The first-order valence-electron chi connectivity index (χ1n) is 6.20. The van der Waals surface area contributed by atoms with Crippen molar-refractivity contribution in [3.8, 4) is 5.69 Å². The number of H-pyrrole nitrogens is 1. The number of imidazole rings is 1. The first-order chi connectivity index (χ1) is 9.53. The van der Waals surface area contributed by atoms with E-state index in [2.05, 4.69) is 4.98 Å². The zero-order valence-electron chi connectivity index (χ0n) is 11.7. The van der Waals surface area contributed by atoms with Crippen molar-refractivity contribution in [1.29, 1.82) is 0 Å². The van der Waals surface area contributed by atoms with Crippen molar-refractivity contribution >= 4 is 23.8 Å². The smallest absolute Gasteiger partial charge is 0.337 e. The summed E-state index contributed by atoms with van der Waals surface area (Å²) in [4.78, 5) is 2.80. The molecule has 0 atom stereocenters. The molecule has 0 radical (unpaired) electrons. The van der Waals surface area contributed by atoms with Gasteiger partial charge in [0.05, 0.1) is 16.3 Å². The average molecular weight is 335 g/mol. The van der Waals surface area contributed by atoms with Crippen molar-refractivity contribution < 1.29 is 13.2 Å². The summed E-state index contributed by atoms with van der Waals surface area (Å²) >= 11 is 11.2. The van der Waals surface area contributed by atoms with E-state index in [0.717, 1.165) is 6.07 Å². The molecule has 0 aliphatic heterocycles. The Hall–Kier alpha value is -1.27. The van der Waals surface area contributed by atoms with Crippen LogP contribution in [0, 0.1) is 4.77 Å². The molecule has 1 N–H and O–H groups in total. The van der Waals surface area contributed by atoms with E-state index in [1.54, 1.807) is 6.20 Å². The molecule has 21 heavy (non-hydrogen) atoms. The summed E-state index contributed by atoms with van der Waals surface area (Å²) in [6.07, 6.45) is -2.90. The lowest BCUT2D eigenvalue weighted by Gasteiger charge is -2.23. The van der Waals surface area contributed by atoms with Crippen LogP contribution in [0.3, 0.4) is 0 Å².